The van der Waals surface area contributed by atoms with Crippen molar-refractivity contribution in [3.05, 3.63) is 119 Å². The fourth-order valence-electron chi connectivity index (χ4n) is 6.28. The Hall–Kier alpha value is -3.76. The first-order valence-corrected chi connectivity index (χ1v) is 15.7. The van der Waals surface area contributed by atoms with Crippen LogP contribution in [0.15, 0.2) is 97.1 Å². The summed E-state index contributed by atoms with van der Waals surface area (Å²) in [5.41, 5.74) is 4.85. The maximum atomic E-state index is 6.64. The first kappa shape index (κ1) is 28.4. The van der Waals surface area contributed by atoms with E-state index < -0.39 is 6.29 Å². The highest BCUT2D eigenvalue weighted by Gasteiger charge is 2.35. The smallest absolute Gasteiger partial charge is 0.211 e. The monoisotopic (exact) mass is 562 g/mol. The summed E-state index contributed by atoms with van der Waals surface area (Å²) in [5.74, 6) is 4.37. The minimum absolute atomic E-state index is 0.157. The second-order valence-electron chi connectivity index (χ2n) is 11.6. The Balaban J connectivity index is 1.19. The van der Waals surface area contributed by atoms with E-state index in [4.69, 9.17) is 18.9 Å². The lowest BCUT2D eigenvalue weighted by molar-refractivity contribution is -0.0967. The van der Waals surface area contributed by atoms with Crippen molar-refractivity contribution >= 4 is 0 Å². The van der Waals surface area contributed by atoms with Crippen molar-refractivity contribution in [2.45, 2.75) is 76.4 Å². The molecule has 0 spiro atoms. The van der Waals surface area contributed by atoms with Gasteiger partial charge in [-0.2, -0.15) is 0 Å². The van der Waals surface area contributed by atoms with Crippen molar-refractivity contribution in [2.75, 3.05) is 13.2 Å². The molecule has 1 aliphatic heterocycles. The van der Waals surface area contributed by atoms with Gasteiger partial charge in [-0.05, 0) is 78.6 Å². The molecular weight excluding hydrogens is 520 g/mol. The highest BCUT2D eigenvalue weighted by Crippen LogP contribution is 2.46. The van der Waals surface area contributed by atoms with Crippen LogP contribution >= 0.6 is 0 Å². The molecule has 1 aliphatic carbocycles. The standard InChI is InChI=1S/C38H42O4/c1-3-27(2)28-17-23-32(24-18-28)41-38(37-33-13-7-9-15-35(33)42-36-16-10-8-14-34(36)37)40-26-25-39-31-21-19-30(20-22-31)29-11-5-4-6-12-29/h7-10,13-24,27,29,37-38H,3-6,11-12,25-26H2,1-2H3. The first-order valence-electron chi connectivity index (χ1n) is 15.7. The van der Waals surface area contributed by atoms with Crippen molar-refractivity contribution in [2.24, 2.45) is 0 Å². The second-order valence-corrected chi connectivity index (χ2v) is 11.6. The van der Waals surface area contributed by atoms with Crippen LogP contribution in [0.2, 0.25) is 0 Å². The molecule has 0 N–H and O–H groups in total. The van der Waals surface area contributed by atoms with Gasteiger partial charge in [-0.15, -0.1) is 0 Å². The minimum Gasteiger partial charge on any atom is -0.491 e. The lowest BCUT2D eigenvalue weighted by Crippen LogP contribution is -2.32. The number of benzene rings is 4. The molecule has 4 heteroatoms. The topological polar surface area (TPSA) is 36.9 Å². The third-order valence-electron chi connectivity index (χ3n) is 8.90. The molecule has 0 saturated heterocycles. The summed E-state index contributed by atoms with van der Waals surface area (Å²) in [6.45, 7) is 5.29. The van der Waals surface area contributed by atoms with Crippen molar-refractivity contribution < 1.29 is 18.9 Å². The molecule has 6 rings (SSSR count). The van der Waals surface area contributed by atoms with E-state index in [1.54, 1.807) is 0 Å². The van der Waals surface area contributed by atoms with E-state index in [9.17, 15) is 0 Å². The van der Waals surface area contributed by atoms with E-state index in [-0.39, 0.29) is 5.92 Å². The zero-order chi connectivity index (χ0) is 28.7. The number of fused-ring (bicyclic) bond motifs is 2. The van der Waals surface area contributed by atoms with Gasteiger partial charge in [-0.1, -0.05) is 93.8 Å². The maximum Gasteiger partial charge on any atom is 0.211 e. The van der Waals surface area contributed by atoms with Gasteiger partial charge in [0.05, 0.1) is 12.5 Å². The Morgan fingerprint density at radius 3 is 1.98 bits per heavy atom. The largest absolute Gasteiger partial charge is 0.491 e. The lowest BCUT2D eigenvalue weighted by Gasteiger charge is -2.33. The summed E-state index contributed by atoms with van der Waals surface area (Å²) in [4.78, 5) is 0. The Kier molecular flexibility index (Phi) is 9.10. The summed E-state index contributed by atoms with van der Waals surface area (Å²) in [6, 6.07) is 33.4. The molecule has 42 heavy (non-hydrogen) atoms. The van der Waals surface area contributed by atoms with E-state index >= 15 is 0 Å². The summed E-state index contributed by atoms with van der Waals surface area (Å²) in [7, 11) is 0. The average molecular weight is 563 g/mol. The molecule has 4 aromatic rings. The van der Waals surface area contributed by atoms with Crippen LogP contribution in [0.4, 0.5) is 0 Å². The SMILES string of the molecule is CCC(C)c1ccc(OC(OCCOc2ccc(C3CCCCC3)cc2)C2c3ccccc3Oc3ccccc32)cc1. The predicted octanol–water partition coefficient (Wildman–Crippen LogP) is 9.99. The van der Waals surface area contributed by atoms with Gasteiger partial charge in [-0.3, -0.25) is 0 Å². The first-order chi connectivity index (χ1) is 20.7. The van der Waals surface area contributed by atoms with Crippen molar-refractivity contribution in [3.63, 3.8) is 0 Å². The Morgan fingerprint density at radius 1 is 0.714 bits per heavy atom. The molecule has 2 aliphatic rings. The van der Waals surface area contributed by atoms with E-state index in [1.165, 1.54) is 43.2 Å². The number of hydrogen-bond donors (Lipinski definition) is 0. The molecule has 4 nitrogen and oxygen atoms in total. The van der Waals surface area contributed by atoms with Gasteiger partial charge < -0.3 is 18.9 Å². The number of para-hydroxylation sites is 2. The fourth-order valence-corrected chi connectivity index (χ4v) is 6.28. The van der Waals surface area contributed by atoms with Gasteiger partial charge >= 0.3 is 0 Å². The van der Waals surface area contributed by atoms with E-state index in [2.05, 4.69) is 74.5 Å². The molecule has 1 saturated carbocycles. The molecule has 4 aromatic carbocycles. The molecule has 0 radical (unpaired) electrons. The highest BCUT2D eigenvalue weighted by atomic mass is 16.7. The lowest BCUT2D eigenvalue weighted by atomic mass is 9.84. The van der Waals surface area contributed by atoms with Crippen LogP contribution in [0.25, 0.3) is 0 Å². The normalized spacial score (nSPS) is 16.5. The molecule has 2 atom stereocenters. The summed E-state index contributed by atoms with van der Waals surface area (Å²) in [6.07, 6.45) is 7.19. The van der Waals surface area contributed by atoms with Crippen molar-refractivity contribution in [1.82, 2.24) is 0 Å². The predicted molar refractivity (Wildman–Crippen MR) is 168 cm³/mol. The highest BCUT2D eigenvalue weighted by molar-refractivity contribution is 5.54. The van der Waals surface area contributed by atoms with Gasteiger partial charge in [0.25, 0.3) is 0 Å². The summed E-state index contributed by atoms with van der Waals surface area (Å²) in [5, 5.41) is 0. The molecule has 0 aromatic heterocycles. The average Bonchev–Trinajstić information content (AvgIpc) is 3.05. The fraction of sp³-hybridized carbons (Fsp3) is 0.368. The number of ether oxygens (including phenoxy) is 4. The Labute approximate surface area is 250 Å². The summed E-state index contributed by atoms with van der Waals surface area (Å²) < 4.78 is 25.6. The molecule has 0 amide bonds. The molecule has 1 heterocycles. The zero-order valence-electron chi connectivity index (χ0n) is 24.8. The van der Waals surface area contributed by atoms with Crippen molar-refractivity contribution in [1.29, 1.82) is 0 Å². The molecule has 2 unspecified atom stereocenters. The van der Waals surface area contributed by atoms with Crippen LogP contribution < -0.4 is 14.2 Å². The summed E-state index contributed by atoms with van der Waals surface area (Å²) >= 11 is 0. The van der Waals surface area contributed by atoms with Gasteiger partial charge in [0.15, 0.2) is 0 Å². The van der Waals surface area contributed by atoms with Crippen LogP contribution in [0.1, 0.15) is 92.4 Å². The molecule has 218 valence electrons. The van der Waals surface area contributed by atoms with Crippen LogP contribution in [-0.4, -0.2) is 19.5 Å². The number of rotatable bonds is 11. The molecule has 0 bridgehead atoms. The van der Waals surface area contributed by atoms with Gasteiger partial charge in [0, 0.05) is 11.1 Å². The van der Waals surface area contributed by atoms with E-state index in [0.29, 0.717) is 25.0 Å². The van der Waals surface area contributed by atoms with Crippen LogP contribution in [0, 0.1) is 0 Å². The van der Waals surface area contributed by atoms with Crippen LogP contribution in [0.3, 0.4) is 0 Å². The van der Waals surface area contributed by atoms with Gasteiger partial charge in [0.2, 0.25) is 6.29 Å². The van der Waals surface area contributed by atoms with E-state index in [0.717, 1.165) is 40.5 Å². The van der Waals surface area contributed by atoms with Crippen LogP contribution in [-0.2, 0) is 4.74 Å². The van der Waals surface area contributed by atoms with Gasteiger partial charge in [-0.25, -0.2) is 0 Å². The Morgan fingerprint density at radius 2 is 1.33 bits per heavy atom. The Bertz CT molecular complexity index is 1380. The third-order valence-corrected chi connectivity index (χ3v) is 8.90. The van der Waals surface area contributed by atoms with E-state index in [1.807, 2.05) is 36.4 Å². The third kappa shape index (κ3) is 6.50. The molecule has 1 fully saturated rings. The zero-order valence-corrected chi connectivity index (χ0v) is 24.8. The second kappa shape index (κ2) is 13.5. The molecular formula is C38H42O4. The number of hydrogen-bond acceptors (Lipinski definition) is 4. The quantitative estimate of drug-likeness (QED) is 0.135. The van der Waals surface area contributed by atoms with Crippen LogP contribution in [0.5, 0.6) is 23.0 Å². The van der Waals surface area contributed by atoms with Gasteiger partial charge in [0.1, 0.15) is 29.6 Å². The maximum absolute atomic E-state index is 6.64. The minimum atomic E-state index is -0.567. The van der Waals surface area contributed by atoms with Crippen molar-refractivity contribution in [3.8, 4) is 23.0 Å².